The molecule has 0 saturated carbocycles. The van der Waals surface area contributed by atoms with Crippen LogP contribution < -0.4 is 10.5 Å². The summed E-state index contributed by atoms with van der Waals surface area (Å²) in [6, 6.07) is 16.2. The second kappa shape index (κ2) is 8.18. The van der Waals surface area contributed by atoms with Gasteiger partial charge in [-0.2, -0.15) is 8.78 Å². The summed E-state index contributed by atoms with van der Waals surface area (Å²) in [5.41, 5.74) is 11.9. The molecule has 2 N–H and O–H groups in total. The van der Waals surface area contributed by atoms with Gasteiger partial charge in [-0.3, -0.25) is 4.98 Å². The maximum absolute atomic E-state index is 13.0. The minimum absolute atomic E-state index is 0.0681. The first-order chi connectivity index (χ1) is 14.8. The highest BCUT2D eigenvalue weighted by molar-refractivity contribution is 5.64. The van der Waals surface area contributed by atoms with E-state index in [0.717, 1.165) is 11.1 Å². The first-order valence-corrected chi connectivity index (χ1v) is 9.70. The van der Waals surface area contributed by atoms with Crippen molar-refractivity contribution in [2.75, 3.05) is 5.73 Å². The van der Waals surface area contributed by atoms with Crippen molar-refractivity contribution in [3.63, 3.8) is 0 Å². The van der Waals surface area contributed by atoms with Crippen molar-refractivity contribution in [2.45, 2.75) is 26.4 Å². The number of nitrogens with two attached hydrogens (primary N) is 1. The van der Waals surface area contributed by atoms with Crippen molar-refractivity contribution < 1.29 is 17.9 Å². The maximum atomic E-state index is 13.0. The lowest BCUT2D eigenvalue weighted by atomic mass is 10.0. The summed E-state index contributed by atoms with van der Waals surface area (Å²) < 4.78 is 36.0. The number of hydrogen-bond acceptors (Lipinski definition) is 5. The number of alkyl halides is 2. The average molecular weight is 421 g/mol. The number of rotatable bonds is 6. The van der Waals surface area contributed by atoms with Crippen LogP contribution in [0.15, 0.2) is 71.5 Å². The monoisotopic (exact) mass is 421 g/mol. The number of aryl methyl sites for hydroxylation is 1. The summed E-state index contributed by atoms with van der Waals surface area (Å²) >= 11 is 0. The molecule has 0 unspecified atom stereocenters. The molecule has 158 valence electrons. The lowest BCUT2D eigenvalue weighted by Crippen LogP contribution is -2.18. The van der Waals surface area contributed by atoms with Crippen LogP contribution in [0.2, 0.25) is 0 Å². The van der Waals surface area contributed by atoms with Gasteiger partial charge in [0.05, 0.1) is 0 Å². The zero-order valence-electron chi connectivity index (χ0n) is 17.1. The van der Waals surface area contributed by atoms with E-state index in [1.54, 1.807) is 24.4 Å². The van der Waals surface area contributed by atoms with Gasteiger partial charge in [-0.1, -0.05) is 29.8 Å². The molecule has 0 radical (unpaired) electrons. The fourth-order valence-corrected chi connectivity index (χ4v) is 3.11. The molecule has 0 saturated heterocycles. The van der Waals surface area contributed by atoms with E-state index in [4.69, 9.17) is 10.2 Å². The van der Waals surface area contributed by atoms with Gasteiger partial charge in [0.25, 0.3) is 0 Å². The lowest BCUT2D eigenvalue weighted by Gasteiger charge is -2.12. The third-order valence-electron chi connectivity index (χ3n) is 4.71. The highest BCUT2D eigenvalue weighted by atomic mass is 19.3. The van der Waals surface area contributed by atoms with Gasteiger partial charge in [-0.25, -0.2) is 4.98 Å². The smallest absolute Gasteiger partial charge is 0.394 e. The van der Waals surface area contributed by atoms with Gasteiger partial charge in [0.2, 0.25) is 5.89 Å². The largest absolute Gasteiger partial charge is 0.443 e. The van der Waals surface area contributed by atoms with Gasteiger partial charge >= 0.3 is 6.11 Å². The summed E-state index contributed by atoms with van der Waals surface area (Å²) in [7, 11) is 0. The Bertz CT molecular complexity index is 1180. The van der Waals surface area contributed by atoms with Crippen LogP contribution in [-0.4, -0.2) is 16.1 Å². The van der Waals surface area contributed by atoms with Crippen LogP contribution in [0, 0.1) is 6.92 Å². The van der Waals surface area contributed by atoms with Gasteiger partial charge in [0.1, 0.15) is 23.4 Å². The molecule has 4 aromatic rings. The van der Waals surface area contributed by atoms with Gasteiger partial charge < -0.3 is 14.9 Å². The van der Waals surface area contributed by atoms with E-state index in [2.05, 4.69) is 39.0 Å². The van der Waals surface area contributed by atoms with E-state index in [9.17, 15) is 8.78 Å². The minimum Gasteiger partial charge on any atom is -0.443 e. The Kier molecular flexibility index (Phi) is 5.42. The molecule has 0 fully saturated rings. The zero-order valence-corrected chi connectivity index (χ0v) is 17.1. The van der Waals surface area contributed by atoms with Crippen LogP contribution in [0.5, 0.6) is 5.75 Å². The molecular weight excluding hydrogens is 400 g/mol. The summed E-state index contributed by atoms with van der Waals surface area (Å²) in [5, 5.41) is 0. The molecule has 0 spiro atoms. The van der Waals surface area contributed by atoms with E-state index < -0.39 is 6.11 Å². The lowest BCUT2D eigenvalue weighted by molar-refractivity contribution is -0.158. The summed E-state index contributed by atoms with van der Waals surface area (Å²) in [5.74, 6) is 0.391. The van der Waals surface area contributed by atoms with Crippen LogP contribution in [0.3, 0.4) is 0 Å². The number of benzene rings is 2. The molecule has 0 aliphatic heterocycles. The van der Waals surface area contributed by atoms with Crippen LogP contribution in [0.1, 0.15) is 23.6 Å². The van der Waals surface area contributed by atoms with Crippen molar-refractivity contribution >= 4 is 5.69 Å². The van der Waals surface area contributed by atoms with Crippen molar-refractivity contribution in [3.8, 4) is 28.6 Å². The maximum Gasteiger partial charge on any atom is 0.394 e. The second-order valence-corrected chi connectivity index (χ2v) is 7.40. The molecule has 0 atom stereocenters. The third kappa shape index (κ3) is 5.06. The Morgan fingerprint density at radius 3 is 2.39 bits per heavy atom. The summed E-state index contributed by atoms with van der Waals surface area (Å²) in [6.45, 7) is 2.74. The number of nitrogens with zero attached hydrogens (tertiary/aromatic N) is 2. The Morgan fingerprint density at radius 2 is 1.74 bits per heavy atom. The average Bonchev–Trinajstić information content (AvgIpc) is 3.21. The molecule has 0 amide bonds. The fraction of sp³-hybridized carbons (Fsp3) is 0.167. The first-order valence-electron chi connectivity index (χ1n) is 9.70. The van der Waals surface area contributed by atoms with E-state index in [1.165, 1.54) is 24.0 Å². The standard InChI is InChI=1S/C24H21F2N3O2/c1-15-3-5-16(6-4-15)11-18-13-28-21(12-20(18)27)23-29-22(14-30-23)17-7-9-19(10-8-17)31-24(2,25)26/h3-10,12-14H,11H2,1-2H3,(H2,27,28). The van der Waals surface area contributed by atoms with Gasteiger partial charge in [0.15, 0.2) is 0 Å². The molecule has 31 heavy (non-hydrogen) atoms. The van der Waals surface area contributed by atoms with Crippen molar-refractivity contribution in [1.82, 2.24) is 9.97 Å². The number of halogens is 2. The molecule has 5 nitrogen and oxygen atoms in total. The number of aromatic nitrogens is 2. The normalized spacial score (nSPS) is 11.5. The van der Waals surface area contributed by atoms with E-state index in [1.807, 2.05) is 6.92 Å². The number of hydrogen-bond donors (Lipinski definition) is 1. The van der Waals surface area contributed by atoms with E-state index in [-0.39, 0.29) is 5.75 Å². The second-order valence-electron chi connectivity index (χ2n) is 7.40. The molecule has 7 heteroatoms. The molecule has 2 heterocycles. The van der Waals surface area contributed by atoms with Crippen LogP contribution in [0.25, 0.3) is 22.8 Å². The number of nitrogen functional groups attached to an aromatic ring is 1. The molecule has 4 rings (SSSR count). The highest BCUT2D eigenvalue weighted by Gasteiger charge is 2.23. The van der Waals surface area contributed by atoms with E-state index >= 15 is 0 Å². The third-order valence-corrected chi connectivity index (χ3v) is 4.71. The first kappa shape index (κ1) is 20.5. The summed E-state index contributed by atoms with van der Waals surface area (Å²) in [6.07, 6.45) is 0.657. The number of pyridine rings is 1. The Balaban J connectivity index is 1.51. The topological polar surface area (TPSA) is 74.2 Å². The van der Waals surface area contributed by atoms with Gasteiger partial charge in [0, 0.05) is 30.8 Å². The van der Waals surface area contributed by atoms with Crippen LogP contribution in [-0.2, 0) is 6.42 Å². The zero-order chi connectivity index (χ0) is 22.0. The predicted molar refractivity (Wildman–Crippen MR) is 115 cm³/mol. The number of anilines is 1. The van der Waals surface area contributed by atoms with E-state index in [0.29, 0.717) is 41.9 Å². The van der Waals surface area contributed by atoms with Gasteiger partial charge in [-0.15, -0.1) is 0 Å². The number of oxazole rings is 1. The minimum atomic E-state index is -3.24. The Morgan fingerprint density at radius 1 is 1.03 bits per heavy atom. The van der Waals surface area contributed by atoms with Crippen LogP contribution in [0.4, 0.5) is 14.5 Å². The highest BCUT2D eigenvalue weighted by Crippen LogP contribution is 2.28. The van der Waals surface area contributed by atoms with Crippen molar-refractivity contribution in [1.29, 1.82) is 0 Å². The Hall–Kier alpha value is -3.74. The molecular formula is C24H21F2N3O2. The molecule has 2 aromatic heterocycles. The molecule has 0 aliphatic rings. The fourth-order valence-electron chi connectivity index (χ4n) is 3.11. The SMILES string of the molecule is Cc1ccc(Cc2cnc(-c3nc(-c4ccc(OC(C)(F)F)cc4)co3)cc2N)cc1. The van der Waals surface area contributed by atoms with Gasteiger partial charge in [-0.05, 0) is 48.4 Å². The van der Waals surface area contributed by atoms with Crippen LogP contribution >= 0.6 is 0 Å². The van der Waals surface area contributed by atoms with Crippen molar-refractivity contribution in [2.24, 2.45) is 0 Å². The quantitative estimate of drug-likeness (QED) is 0.421. The number of ether oxygens (including phenoxy) is 1. The molecule has 0 aliphatic carbocycles. The summed E-state index contributed by atoms with van der Waals surface area (Å²) in [4.78, 5) is 8.89. The molecule has 0 bridgehead atoms. The molecule has 2 aromatic carbocycles. The Labute approximate surface area is 178 Å². The van der Waals surface area contributed by atoms with Crippen molar-refractivity contribution in [3.05, 3.63) is 83.7 Å². The predicted octanol–water partition coefficient (Wildman–Crippen LogP) is 5.88.